The van der Waals surface area contributed by atoms with Crippen LogP contribution in [0, 0.1) is 5.92 Å². The molecule has 0 spiro atoms. The third-order valence-corrected chi connectivity index (χ3v) is 4.37. The van der Waals surface area contributed by atoms with Crippen LogP contribution in [0.15, 0.2) is 30.3 Å². The van der Waals surface area contributed by atoms with Crippen LogP contribution in [0.3, 0.4) is 0 Å². The molecule has 128 valence electrons. The molecule has 5 heteroatoms. The van der Waals surface area contributed by atoms with Crippen molar-refractivity contribution in [1.29, 1.82) is 0 Å². The summed E-state index contributed by atoms with van der Waals surface area (Å²) in [6.45, 7) is 0.641. The summed E-state index contributed by atoms with van der Waals surface area (Å²) in [5.41, 5.74) is 8.99. The average Bonchev–Trinajstić information content (AvgIpc) is 2.60. The minimum absolute atomic E-state index is 0.392. The van der Waals surface area contributed by atoms with Gasteiger partial charge in [-0.25, -0.2) is 0 Å². The second-order valence-corrected chi connectivity index (χ2v) is 5.95. The molecule has 2 aromatic rings. The summed E-state index contributed by atoms with van der Waals surface area (Å²) in [7, 11) is 4.89. The normalized spacial score (nSPS) is 16.0. The molecule has 2 aromatic carbocycles. The molecule has 1 aliphatic rings. The van der Waals surface area contributed by atoms with E-state index in [1.165, 1.54) is 5.56 Å². The first kappa shape index (κ1) is 16.3. The van der Waals surface area contributed by atoms with E-state index < -0.39 is 0 Å². The minimum atomic E-state index is 0.392. The summed E-state index contributed by atoms with van der Waals surface area (Å²) in [6, 6.07) is 9.92. The van der Waals surface area contributed by atoms with Gasteiger partial charge in [-0.05, 0) is 42.2 Å². The number of ether oxygens (including phenoxy) is 4. The van der Waals surface area contributed by atoms with E-state index in [0.717, 1.165) is 24.2 Å². The molecule has 0 bridgehead atoms. The van der Waals surface area contributed by atoms with E-state index in [4.69, 9.17) is 24.7 Å². The van der Waals surface area contributed by atoms with Gasteiger partial charge in [-0.1, -0.05) is 12.1 Å². The Labute approximate surface area is 142 Å². The van der Waals surface area contributed by atoms with E-state index in [1.807, 2.05) is 24.3 Å². The van der Waals surface area contributed by atoms with Gasteiger partial charge >= 0.3 is 0 Å². The topological polar surface area (TPSA) is 62.9 Å². The third-order valence-electron chi connectivity index (χ3n) is 4.37. The highest BCUT2D eigenvalue weighted by atomic mass is 16.5. The van der Waals surface area contributed by atoms with Gasteiger partial charge in [0.2, 0.25) is 5.75 Å². The van der Waals surface area contributed by atoms with Crippen LogP contribution in [0.2, 0.25) is 0 Å². The number of hydrogen-bond acceptors (Lipinski definition) is 5. The van der Waals surface area contributed by atoms with Crippen LogP contribution in [0.25, 0.3) is 0 Å². The minimum Gasteiger partial charge on any atom is -0.495 e. The molecule has 0 aliphatic carbocycles. The fourth-order valence-corrected chi connectivity index (χ4v) is 3.20. The molecule has 0 fully saturated rings. The van der Waals surface area contributed by atoms with E-state index in [1.54, 1.807) is 21.3 Å². The highest BCUT2D eigenvalue weighted by Gasteiger charge is 2.25. The average molecular weight is 329 g/mol. The van der Waals surface area contributed by atoms with Crippen LogP contribution in [0.5, 0.6) is 23.0 Å². The van der Waals surface area contributed by atoms with Crippen molar-refractivity contribution in [3.63, 3.8) is 0 Å². The van der Waals surface area contributed by atoms with Gasteiger partial charge in [0.1, 0.15) is 5.75 Å². The first-order chi connectivity index (χ1) is 11.7. The largest absolute Gasteiger partial charge is 0.495 e. The lowest BCUT2D eigenvalue weighted by Crippen LogP contribution is -2.23. The van der Waals surface area contributed by atoms with Crippen LogP contribution >= 0.6 is 0 Å². The number of benzene rings is 2. The Kier molecular flexibility index (Phi) is 4.69. The molecular weight excluding hydrogens is 306 g/mol. The standard InChI is InChI=1S/C19H23NO4/c1-21-16-6-4-12(10-15(16)20)8-13-9-14-5-7-17(22-2)19(23-3)18(14)24-11-13/h4-7,10,13H,8-9,11,20H2,1-3H3. The summed E-state index contributed by atoms with van der Waals surface area (Å²) in [4.78, 5) is 0. The molecule has 0 radical (unpaired) electrons. The zero-order valence-corrected chi connectivity index (χ0v) is 14.3. The maximum Gasteiger partial charge on any atom is 0.203 e. The van der Waals surface area contributed by atoms with Gasteiger partial charge in [0.15, 0.2) is 11.5 Å². The second kappa shape index (κ2) is 6.91. The van der Waals surface area contributed by atoms with E-state index in [0.29, 0.717) is 35.5 Å². The summed E-state index contributed by atoms with van der Waals surface area (Å²) < 4.78 is 22.0. The SMILES string of the molecule is COc1ccc(CC2COc3c(ccc(OC)c3OC)C2)cc1N. The maximum atomic E-state index is 6.00. The first-order valence-electron chi connectivity index (χ1n) is 7.95. The van der Waals surface area contributed by atoms with Gasteiger partial charge in [-0.2, -0.15) is 0 Å². The molecule has 5 nitrogen and oxygen atoms in total. The molecule has 0 saturated heterocycles. The van der Waals surface area contributed by atoms with E-state index in [-0.39, 0.29) is 0 Å². The number of fused-ring (bicyclic) bond motifs is 1. The summed E-state index contributed by atoms with van der Waals surface area (Å²) in [5, 5.41) is 0. The van der Waals surface area contributed by atoms with Gasteiger partial charge in [0, 0.05) is 5.92 Å². The second-order valence-electron chi connectivity index (χ2n) is 5.95. The monoisotopic (exact) mass is 329 g/mol. The van der Waals surface area contributed by atoms with Gasteiger partial charge in [0.25, 0.3) is 0 Å². The summed E-state index contributed by atoms with van der Waals surface area (Å²) in [5.74, 6) is 3.26. The number of methoxy groups -OCH3 is 3. The van der Waals surface area contributed by atoms with Crippen molar-refractivity contribution in [3.05, 3.63) is 41.5 Å². The smallest absolute Gasteiger partial charge is 0.203 e. The van der Waals surface area contributed by atoms with Crippen molar-refractivity contribution in [2.45, 2.75) is 12.8 Å². The van der Waals surface area contributed by atoms with Gasteiger partial charge in [-0.3, -0.25) is 0 Å². The number of nitrogen functional groups attached to an aromatic ring is 1. The Morgan fingerprint density at radius 3 is 2.46 bits per heavy atom. The molecule has 0 saturated carbocycles. The van der Waals surface area contributed by atoms with Crippen molar-refractivity contribution in [2.75, 3.05) is 33.7 Å². The molecule has 1 aliphatic heterocycles. The van der Waals surface area contributed by atoms with Gasteiger partial charge in [-0.15, -0.1) is 0 Å². The molecule has 0 aromatic heterocycles. The Morgan fingerprint density at radius 2 is 1.79 bits per heavy atom. The molecule has 0 amide bonds. The van der Waals surface area contributed by atoms with E-state index in [2.05, 4.69) is 6.07 Å². The Bertz CT molecular complexity index is 730. The lowest BCUT2D eigenvalue weighted by molar-refractivity contribution is 0.208. The number of nitrogens with two attached hydrogens (primary N) is 1. The zero-order chi connectivity index (χ0) is 17.1. The van der Waals surface area contributed by atoms with Crippen LogP contribution < -0.4 is 24.7 Å². The van der Waals surface area contributed by atoms with Crippen molar-refractivity contribution < 1.29 is 18.9 Å². The molecule has 2 N–H and O–H groups in total. The van der Waals surface area contributed by atoms with E-state index >= 15 is 0 Å². The Hall–Kier alpha value is -2.56. The van der Waals surface area contributed by atoms with Crippen LogP contribution in [-0.4, -0.2) is 27.9 Å². The summed E-state index contributed by atoms with van der Waals surface area (Å²) in [6.07, 6.45) is 1.84. The molecule has 3 rings (SSSR count). The first-order valence-corrected chi connectivity index (χ1v) is 7.95. The molecule has 1 heterocycles. The Morgan fingerprint density at radius 1 is 1.04 bits per heavy atom. The van der Waals surface area contributed by atoms with Gasteiger partial charge in [0.05, 0.1) is 33.6 Å². The lowest BCUT2D eigenvalue weighted by atomic mass is 9.90. The molecule has 24 heavy (non-hydrogen) atoms. The predicted molar refractivity (Wildman–Crippen MR) is 93.3 cm³/mol. The lowest BCUT2D eigenvalue weighted by Gasteiger charge is -2.27. The highest BCUT2D eigenvalue weighted by molar-refractivity contribution is 5.57. The van der Waals surface area contributed by atoms with Crippen molar-refractivity contribution in [1.82, 2.24) is 0 Å². The van der Waals surface area contributed by atoms with Crippen molar-refractivity contribution in [2.24, 2.45) is 5.92 Å². The third kappa shape index (κ3) is 3.07. The number of hydrogen-bond donors (Lipinski definition) is 1. The van der Waals surface area contributed by atoms with Crippen molar-refractivity contribution in [3.8, 4) is 23.0 Å². The quantitative estimate of drug-likeness (QED) is 0.854. The van der Waals surface area contributed by atoms with E-state index in [9.17, 15) is 0 Å². The fraction of sp³-hybridized carbons (Fsp3) is 0.368. The maximum absolute atomic E-state index is 6.00. The number of anilines is 1. The molecule has 1 unspecified atom stereocenters. The summed E-state index contributed by atoms with van der Waals surface area (Å²) >= 11 is 0. The van der Waals surface area contributed by atoms with Crippen LogP contribution in [-0.2, 0) is 12.8 Å². The van der Waals surface area contributed by atoms with Crippen molar-refractivity contribution >= 4 is 5.69 Å². The van der Waals surface area contributed by atoms with Crippen LogP contribution in [0.4, 0.5) is 5.69 Å². The molecular formula is C19H23NO4. The highest BCUT2D eigenvalue weighted by Crippen LogP contribution is 2.43. The Balaban J connectivity index is 1.77. The van der Waals surface area contributed by atoms with Crippen LogP contribution in [0.1, 0.15) is 11.1 Å². The van der Waals surface area contributed by atoms with Gasteiger partial charge < -0.3 is 24.7 Å². The molecule has 1 atom stereocenters. The fourth-order valence-electron chi connectivity index (χ4n) is 3.20. The number of rotatable bonds is 5. The zero-order valence-electron chi connectivity index (χ0n) is 14.3. The predicted octanol–water partition coefficient (Wildman–Crippen LogP) is 3.09.